The van der Waals surface area contributed by atoms with Gasteiger partial charge in [0.15, 0.2) is 0 Å². The second kappa shape index (κ2) is 11.2. The number of nitrogens with zero attached hydrogens (tertiary/aromatic N) is 1. The van der Waals surface area contributed by atoms with Gasteiger partial charge in [0.1, 0.15) is 6.04 Å². The van der Waals surface area contributed by atoms with Crippen molar-refractivity contribution in [2.75, 3.05) is 0 Å². The van der Waals surface area contributed by atoms with E-state index in [1.165, 1.54) is 0 Å². The molecule has 2 amide bonds. The fourth-order valence-electron chi connectivity index (χ4n) is 3.31. The predicted molar refractivity (Wildman–Crippen MR) is 129 cm³/mol. The zero-order chi connectivity index (χ0) is 23.2. The van der Waals surface area contributed by atoms with E-state index < -0.39 is 11.6 Å². The van der Waals surface area contributed by atoms with Crippen LogP contribution in [-0.2, 0) is 22.6 Å². The number of carbonyl (C=O) groups is 2. The molecule has 0 saturated heterocycles. The molecule has 1 N–H and O–H groups in total. The molecule has 0 spiro atoms. The predicted octanol–water partition coefficient (Wildman–Crippen LogP) is 6.30. The molecule has 2 aromatic carbocycles. The molecule has 168 valence electrons. The molecule has 0 aliphatic carbocycles. The summed E-state index contributed by atoms with van der Waals surface area (Å²) in [5, 5.41) is 4.52. The first kappa shape index (κ1) is 25.5. The highest BCUT2D eigenvalue weighted by molar-refractivity contribution is 6.36. The lowest BCUT2D eigenvalue weighted by Crippen LogP contribution is -2.53. The number of halogens is 3. The third kappa shape index (κ3) is 7.41. The van der Waals surface area contributed by atoms with Crippen LogP contribution in [0.5, 0.6) is 0 Å². The summed E-state index contributed by atoms with van der Waals surface area (Å²) in [4.78, 5) is 27.9. The molecule has 1 atom stereocenters. The number of amides is 2. The normalized spacial score (nSPS) is 12.4. The van der Waals surface area contributed by atoms with Crippen LogP contribution in [0.3, 0.4) is 0 Å². The zero-order valence-corrected chi connectivity index (χ0v) is 20.6. The van der Waals surface area contributed by atoms with Gasteiger partial charge in [0, 0.05) is 39.1 Å². The summed E-state index contributed by atoms with van der Waals surface area (Å²) < 4.78 is 0. The minimum Gasteiger partial charge on any atom is -0.350 e. The van der Waals surface area contributed by atoms with E-state index in [1.807, 2.05) is 45.9 Å². The van der Waals surface area contributed by atoms with E-state index in [4.69, 9.17) is 34.8 Å². The summed E-state index contributed by atoms with van der Waals surface area (Å²) >= 11 is 19.0. The molecule has 0 aliphatic heterocycles. The molecule has 7 heteroatoms. The third-order valence-electron chi connectivity index (χ3n) is 4.84. The summed E-state index contributed by atoms with van der Waals surface area (Å²) in [6.45, 7) is 7.76. The van der Waals surface area contributed by atoms with Gasteiger partial charge in [0.25, 0.3) is 0 Å². The first-order valence-electron chi connectivity index (χ1n) is 10.3. The van der Waals surface area contributed by atoms with Crippen LogP contribution in [0.2, 0.25) is 15.1 Å². The molecule has 0 heterocycles. The minimum atomic E-state index is -0.648. The first-order chi connectivity index (χ1) is 14.5. The van der Waals surface area contributed by atoms with Gasteiger partial charge in [-0.15, -0.1) is 0 Å². The number of hydrogen-bond donors (Lipinski definition) is 1. The first-order valence-corrected chi connectivity index (χ1v) is 11.4. The Hall–Kier alpha value is -1.75. The van der Waals surface area contributed by atoms with Crippen molar-refractivity contribution in [3.8, 4) is 0 Å². The Morgan fingerprint density at radius 3 is 2.10 bits per heavy atom. The van der Waals surface area contributed by atoms with Crippen LogP contribution < -0.4 is 5.32 Å². The topological polar surface area (TPSA) is 49.4 Å². The van der Waals surface area contributed by atoms with Crippen LogP contribution in [0, 0.1) is 0 Å². The van der Waals surface area contributed by atoms with E-state index in [-0.39, 0.29) is 24.8 Å². The Balaban J connectivity index is 2.32. The highest BCUT2D eigenvalue weighted by Gasteiger charge is 2.31. The lowest BCUT2D eigenvalue weighted by molar-refractivity contribution is -0.142. The number of rotatable bonds is 8. The fourth-order valence-corrected chi connectivity index (χ4v) is 4.06. The Morgan fingerprint density at radius 1 is 0.968 bits per heavy atom. The van der Waals surface area contributed by atoms with Crippen molar-refractivity contribution < 1.29 is 9.59 Å². The van der Waals surface area contributed by atoms with Crippen molar-refractivity contribution in [3.05, 3.63) is 68.7 Å². The molecular weight excluding hydrogens is 455 g/mol. The molecule has 0 aromatic heterocycles. The summed E-state index contributed by atoms with van der Waals surface area (Å²) in [5.74, 6) is -0.365. The Labute approximate surface area is 199 Å². The van der Waals surface area contributed by atoms with Crippen molar-refractivity contribution in [2.24, 2.45) is 0 Å². The maximum atomic E-state index is 13.3. The van der Waals surface area contributed by atoms with Gasteiger partial charge in [-0.05, 0) is 57.4 Å². The molecule has 2 rings (SSSR count). The largest absolute Gasteiger partial charge is 0.350 e. The van der Waals surface area contributed by atoms with Crippen LogP contribution in [0.15, 0.2) is 42.5 Å². The molecule has 0 aliphatic rings. The van der Waals surface area contributed by atoms with Crippen LogP contribution in [-0.4, -0.2) is 28.3 Å². The highest BCUT2D eigenvalue weighted by atomic mass is 35.5. The van der Waals surface area contributed by atoms with Gasteiger partial charge in [-0.2, -0.15) is 0 Å². The monoisotopic (exact) mass is 482 g/mol. The molecule has 4 nitrogen and oxygen atoms in total. The Kier molecular flexibility index (Phi) is 9.23. The highest BCUT2D eigenvalue weighted by Crippen LogP contribution is 2.28. The molecule has 0 unspecified atom stereocenters. The van der Waals surface area contributed by atoms with Crippen LogP contribution in [0.1, 0.15) is 51.7 Å². The second-order valence-electron chi connectivity index (χ2n) is 8.48. The molecule has 0 fully saturated rings. The van der Waals surface area contributed by atoms with Gasteiger partial charge in [-0.25, -0.2) is 0 Å². The average Bonchev–Trinajstić information content (AvgIpc) is 2.67. The van der Waals surface area contributed by atoms with Crippen molar-refractivity contribution in [1.82, 2.24) is 10.2 Å². The number of benzene rings is 2. The van der Waals surface area contributed by atoms with E-state index in [0.717, 1.165) is 5.56 Å². The molecule has 0 radical (unpaired) electrons. The van der Waals surface area contributed by atoms with Crippen LogP contribution in [0.25, 0.3) is 0 Å². The van der Waals surface area contributed by atoms with Crippen LogP contribution >= 0.6 is 34.8 Å². The minimum absolute atomic E-state index is 0.149. The maximum Gasteiger partial charge on any atom is 0.243 e. The van der Waals surface area contributed by atoms with Crippen molar-refractivity contribution >= 4 is 46.6 Å². The SMILES string of the molecule is CC[C@H](C(=O)NC(C)(C)C)N(Cc1c(Cl)cccc1Cl)C(=O)CCc1ccccc1Cl. The number of carbonyl (C=O) groups excluding carboxylic acids is 2. The van der Waals surface area contributed by atoms with Crippen molar-refractivity contribution in [2.45, 2.75) is 65.1 Å². The van der Waals surface area contributed by atoms with E-state index >= 15 is 0 Å². The summed E-state index contributed by atoms with van der Waals surface area (Å²) in [6.07, 6.45) is 1.15. The fraction of sp³-hybridized carbons (Fsp3) is 0.417. The van der Waals surface area contributed by atoms with Gasteiger partial charge in [-0.3, -0.25) is 9.59 Å². The third-order valence-corrected chi connectivity index (χ3v) is 5.92. The second-order valence-corrected chi connectivity index (χ2v) is 9.70. The summed E-state index contributed by atoms with van der Waals surface area (Å²) in [5.41, 5.74) is 1.10. The standard InChI is InChI=1S/C24H29Cl3N2O2/c1-5-21(23(31)28-24(2,3)4)29(15-17-19(26)11-8-12-20(17)27)22(30)14-13-16-9-6-7-10-18(16)25/h6-12,21H,5,13-15H2,1-4H3,(H,28,31)/t21-/m1/s1. The van der Waals surface area contributed by atoms with Gasteiger partial charge < -0.3 is 10.2 Å². The molecule has 0 saturated carbocycles. The molecule has 2 aromatic rings. The quantitative estimate of drug-likeness (QED) is 0.479. The van der Waals surface area contributed by atoms with E-state index in [9.17, 15) is 9.59 Å². The number of hydrogen-bond acceptors (Lipinski definition) is 2. The van der Waals surface area contributed by atoms with Gasteiger partial charge in [0.05, 0.1) is 0 Å². The molecule has 0 bridgehead atoms. The zero-order valence-electron chi connectivity index (χ0n) is 18.3. The van der Waals surface area contributed by atoms with E-state index in [2.05, 4.69) is 5.32 Å². The van der Waals surface area contributed by atoms with Crippen molar-refractivity contribution in [3.63, 3.8) is 0 Å². The van der Waals surface area contributed by atoms with Crippen molar-refractivity contribution in [1.29, 1.82) is 0 Å². The van der Waals surface area contributed by atoms with E-state index in [0.29, 0.717) is 33.5 Å². The lowest BCUT2D eigenvalue weighted by atomic mass is 10.0. The number of nitrogens with one attached hydrogen (secondary N) is 1. The van der Waals surface area contributed by atoms with Gasteiger partial charge in [-0.1, -0.05) is 66.0 Å². The van der Waals surface area contributed by atoms with Crippen LogP contribution in [0.4, 0.5) is 0 Å². The Bertz CT molecular complexity index is 905. The van der Waals surface area contributed by atoms with Gasteiger partial charge in [0.2, 0.25) is 11.8 Å². The maximum absolute atomic E-state index is 13.3. The summed E-state index contributed by atoms with van der Waals surface area (Å²) in [6, 6.07) is 12.0. The lowest BCUT2D eigenvalue weighted by Gasteiger charge is -2.33. The molecule has 31 heavy (non-hydrogen) atoms. The molecular formula is C24H29Cl3N2O2. The Morgan fingerprint density at radius 2 is 1.55 bits per heavy atom. The summed E-state index contributed by atoms with van der Waals surface area (Å²) in [7, 11) is 0. The van der Waals surface area contributed by atoms with Gasteiger partial charge >= 0.3 is 0 Å². The average molecular weight is 484 g/mol. The number of aryl methyl sites for hydroxylation is 1. The van der Waals surface area contributed by atoms with E-state index in [1.54, 1.807) is 29.2 Å². The smallest absolute Gasteiger partial charge is 0.243 e.